The number of methoxy groups -OCH3 is 1. The highest BCUT2D eigenvalue weighted by Gasteiger charge is 2.42. The van der Waals surface area contributed by atoms with E-state index < -0.39 is 19.6 Å². The van der Waals surface area contributed by atoms with Gasteiger partial charge in [-0.3, -0.25) is 0 Å². The quantitative estimate of drug-likeness (QED) is 0.165. The molecule has 1 atom stereocenters. The first-order valence-corrected chi connectivity index (χ1v) is 16.0. The molecular weight excluding hydrogens is 520 g/mol. The molecule has 0 unspecified atom stereocenters. The molecular formula is C29H45ClN2O5Si. The summed E-state index contributed by atoms with van der Waals surface area (Å²) in [4.78, 5) is 27.0. The van der Waals surface area contributed by atoms with Gasteiger partial charge in [0.15, 0.2) is 0 Å². The van der Waals surface area contributed by atoms with Crippen molar-refractivity contribution in [2.24, 2.45) is 0 Å². The zero-order valence-corrected chi connectivity index (χ0v) is 26.4. The molecule has 0 saturated carbocycles. The topological polar surface area (TPSA) is 91.1 Å². The largest absolute Gasteiger partial charge is 0.489 e. The fourth-order valence-corrected chi connectivity index (χ4v) is 11.0. The van der Waals surface area contributed by atoms with E-state index in [9.17, 15) is 9.59 Å². The van der Waals surface area contributed by atoms with Gasteiger partial charge in [0.05, 0.1) is 35.0 Å². The minimum atomic E-state index is -2.10. The third-order valence-electron chi connectivity index (χ3n) is 7.38. The number of halogens is 1. The number of anilines is 1. The molecule has 1 amide bonds. The lowest BCUT2D eigenvalue weighted by Crippen LogP contribution is -2.43. The van der Waals surface area contributed by atoms with Crippen molar-refractivity contribution < 1.29 is 23.8 Å². The van der Waals surface area contributed by atoms with Crippen LogP contribution in [0.25, 0.3) is 0 Å². The summed E-state index contributed by atoms with van der Waals surface area (Å²) in [5, 5.41) is 0.157. The maximum Gasteiger partial charge on any atom is 0.410 e. The molecule has 2 N–H and O–H groups in total. The Bertz CT molecular complexity index is 1060. The molecule has 7 nitrogen and oxygen atoms in total. The summed E-state index contributed by atoms with van der Waals surface area (Å²) < 4.78 is 16.7. The molecule has 1 aromatic rings. The second-order valence-electron chi connectivity index (χ2n) is 11.9. The molecule has 1 saturated heterocycles. The van der Waals surface area contributed by atoms with Crippen LogP contribution >= 0.6 is 11.6 Å². The number of nitrogens with two attached hydrogens (primary N) is 1. The number of likely N-dealkylation sites (tertiary alicyclic amines) is 1. The van der Waals surface area contributed by atoms with Crippen molar-refractivity contribution >= 4 is 37.4 Å². The number of nitrogen functional groups attached to an aromatic ring is 1. The summed E-state index contributed by atoms with van der Waals surface area (Å²) in [7, 11) is -0.800. The summed E-state index contributed by atoms with van der Waals surface area (Å²) in [5.41, 5.74) is 11.6. The van der Waals surface area contributed by atoms with Gasteiger partial charge in [-0.05, 0) is 56.3 Å². The van der Waals surface area contributed by atoms with Crippen LogP contribution in [0.4, 0.5) is 10.5 Å². The normalized spacial score (nSPS) is 16.1. The molecule has 9 heteroatoms. The van der Waals surface area contributed by atoms with Crippen molar-refractivity contribution in [3.8, 4) is 17.2 Å². The lowest BCUT2D eigenvalue weighted by atomic mass is 10.1. The van der Waals surface area contributed by atoms with Crippen LogP contribution < -0.4 is 10.5 Å². The Morgan fingerprint density at radius 2 is 1.74 bits per heavy atom. The Labute approximate surface area is 234 Å². The first-order valence-electron chi connectivity index (χ1n) is 13.4. The van der Waals surface area contributed by atoms with E-state index in [4.69, 9.17) is 31.5 Å². The summed E-state index contributed by atoms with van der Waals surface area (Å²) in [6, 6.07) is 1.32. The molecule has 0 bridgehead atoms. The summed E-state index contributed by atoms with van der Waals surface area (Å²) in [5.74, 6) is 2.98. The average Bonchev–Trinajstić information content (AvgIpc) is 3.27. The van der Waals surface area contributed by atoms with E-state index in [2.05, 4.69) is 53.0 Å². The molecule has 1 aliphatic heterocycles. The van der Waals surface area contributed by atoms with Crippen LogP contribution in [0.5, 0.6) is 5.75 Å². The molecule has 38 heavy (non-hydrogen) atoms. The standard InChI is InChI=1S/C29H45ClN2O5Si/c1-18(2)38(19(3)4,20(5)6)15-13-22-25(30)23(27(33)35-10)16-24(26(22)31)36-17-21-12-11-14-32(21)28(34)37-29(7,8)9/h16,18-21H,11-12,14,17,31H2,1-10H3/t21-/m1/s1. The summed E-state index contributed by atoms with van der Waals surface area (Å²) >= 11 is 6.69. The molecule has 2 rings (SSSR count). The van der Waals surface area contributed by atoms with Crippen molar-refractivity contribution in [1.29, 1.82) is 0 Å². The molecule has 0 aliphatic carbocycles. The van der Waals surface area contributed by atoms with Gasteiger partial charge in [0.2, 0.25) is 0 Å². The Kier molecular flexibility index (Phi) is 10.6. The van der Waals surface area contributed by atoms with E-state index >= 15 is 0 Å². The number of carbonyl (C=O) groups is 2. The zero-order chi connectivity index (χ0) is 29.0. The molecule has 0 spiro atoms. The van der Waals surface area contributed by atoms with Gasteiger partial charge in [-0.1, -0.05) is 59.1 Å². The fourth-order valence-electron chi connectivity index (χ4n) is 5.51. The Morgan fingerprint density at radius 1 is 1.16 bits per heavy atom. The first-order chi connectivity index (χ1) is 17.6. The second-order valence-corrected chi connectivity index (χ2v) is 17.9. The van der Waals surface area contributed by atoms with Crippen molar-refractivity contribution in [1.82, 2.24) is 4.90 Å². The smallest absolute Gasteiger partial charge is 0.410 e. The van der Waals surface area contributed by atoms with Crippen molar-refractivity contribution in [2.75, 3.05) is 26.0 Å². The number of benzene rings is 1. The number of esters is 1. The van der Waals surface area contributed by atoms with Crippen LogP contribution in [0.3, 0.4) is 0 Å². The zero-order valence-electron chi connectivity index (χ0n) is 24.7. The lowest BCUT2D eigenvalue weighted by molar-refractivity contribution is 0.0187. The Morgan fingerprint density at radius 3 is 2.24 bits per heavy atom. The van der Waals surface area contributed by atoms with E-state index in [0.717, 1.165) is 12.8 Å². The Hall–Kier alpha value is -2.37. The molecule has 1 heterocycles. The van der Waals surface area contributed by atoms with Crippen LogP contribution in [0.2, 0.25) is 21.6 Å². The average molecular weight is 565 g/mol. The van der Waals surface area contributed by atoms with Crippen molar-refractivity contribution in [3.05, 3.63) is 22.2 Å². The van der Waals surface area contributed by atoms with Gasteiger partial charge >= 0.3 is 12.1 Å². The van der Waals surface area contributed by atoms with Gasteiger partial charge in [0.25, 0.3) is 0 Å². The second kappa shape index (κ2) is 12.7. The van der Waals surface area contributed by atoms with E-state index in [-0.39, 0.29) is 35.0 Å². The maximum absolute atomic E-state index is 12.7. The number of rotatable bonds is 7. The van der Waals surface area contributed by atoms with Crippen LogP contribution in [0, 0.1) is 11.5 Å². The number of ether oxygens (including phenoxy) is 3. The van der Waals surface area contributed by atoms with Gasteiger partial charge in [-0.15, -0.1) is 5.54 Å². The number of carbonyl (C=O) groups excluding carboxylic acids is 2. The predicted octanol–water partition coefficient (Wildman–Crippen LogP) is 7.06. The minimum Gasteiger partial charge on any atom is -0.489 e. The van der Waals surface area contributed by atoms with Gasteiger partial charge in [-0.2, -0.15) is 0 Å². The molecule has 0 radical (unpaired) electrons. The van der Waals surface area contributed by atoms with E-state index in [0.29, 0.717) is 34.5 Å². The van der Waals surface area contributed by atoms with Gasteiger partial charge in [0.1, 0.15) is 26.0 Å². The molecule has 1 aliphatic rings. The van der Waals surface area contributed by atoms with Crippen LogP contribution in [0.1, 0.15) is 91.1 Å². The highest BCUT2D eigenvalue weighted by Crippen LogP contribution is 2.42. The third kappa shape index (κ3) is 6.98. The Balaban J connectivity index is 2.50. The number of hydrogen-bond acceptors (Lipinski definition) is 6. The number of hydrogen-bond donors (Lipinski definition) is 1. The van der Waals surface area contributed by atoms with Crippen LogP contribution in [-0.2, 0) is 9.47 Å². The maximum atomic E-state index is 12.7. The summed E-state index contributed by atoms with van der Waals surface area (Å²) in [6.45, 7) is 19.7. The fraction of sp³-hybridized carbons (Fsp3) is 0.655. The van der Waals surface area contributed by atoms with Crippen LogP contribution in [-0.4, -0.2) is 56.9 Å². The number of nitrogens with zero attached hydrogens (tertiary/aromatic N) is 1. The molecule has 1 aromatic carbocycles. The van der Waals surface area contributed by atoms with Gasteiger partial charge in [0, 0.05) is 6.54 Å². The third-order valence-corrected chi connectivity index (χ3v) is 14.1. The van der Waals surface area contributed by atoms with Gasteiger partial charge in [-0.25, -0.2) is 9.59 Å². The monoisotopic (exact) mass is 564 g/mol. The summed E-state index contributed by atoms with van der Waals surface area (Å²) in [6.07, 6.45) is 1.25. The SMILES string of the molecule is COC(=O)c1cc(OC[C@H]2CCCN2C(=O)OC(C)(C)C)c(N)c(C#C[Si](C(C)C)(C(C)C)C(C)C)c1Cl. The minimum absolute atomic E-state index is 0.143. The van der Waals surface area contributed by atoms with Crippen molar-refractivity contribution in [3.63, 3.8) is 0 Å². The lowest BCUT2D eigenvalue weighted by Gasteiger charge is -2.38. The van der Waals surface area contributed by atoms with E-state index in [1.54, 1.807) is 4.90 Å². The molecule has 212 valence electrons. The highest BCUT2D eigenvalue weighted by atomic mass is 35.5. The molecule has 1 fully saturated rings. The van der Waals surface area contributed by atoms with E-state index in [1.165, 1.54) is 13.2 Å². The number of amides is 1. The van der Waals surface area contributed by atoms with Crippen molar-refractivity contribution in [2.45, 2.75) is 103 Å². The highest BCUT2D eigenvalue weighted by molar-refractivity contribution is 6.90. The predicted molar refractivity (Wildman–Crippen MR) is 157 cm³/mol. The van der Waals surface area contributed by atoms with Crippen LogP contribution in [0.15, 0.2) is 6.07 Å². The first kappa shape index (κ1) is 31.8. The van der Waals surface area contributed by atoms with E-state index in [1.807, 2.05) is 20.8 Å². The van der Waals surface area contributed by atoms with Gasteiger partial charge < -0.3 is 24.8 Å². The molecule has 0 aromatic heterocycles.